The van der Waals surface area contributed by atoms with Crippen molar-refractivity contribution in [2.45, 2.75) is 18.7 Å². The summed E-state index contributed by atoms with van der Waals surface area (Å²) in [6.45, 7) is 3.73. The van der Waals surface area contributed by atoms with Crippen LogP contribution in [0, 0.1) is 25.5 Å². The van der Waals surface area contributed by atoms with Gasteiger partial charge in [0.05, 0.1) is 4.90 Å². The molecular formula is C23H20F2N6O2S. The van der Waals surface area contributed by atoms with Gasteiger partial charge in [0.25, 0.3) is 10.0 Å². The standard InChI is InChI=1S/C23H20F2N6O2S/c1-14-9-10-26-21(11-14)30-23-13-22(27-15(2)28-23)29-16-3-5-17(6-4-16)31-34(32,33)18-7-8-19(24)20(25)12-18/h3-13,31H,1-2H3,(H2,26,27,28,29,30). The summed E-state index contributed by atoms with van der Waals surface area (Å²) in [6, 6.07) is 14.2. The lowest BCUT2D eigenvalue weighted by Crippen LogP contribution is -2.13. The third kappa shape index (κ3) is 5.62. The maximum absolute atomic E-state index is 13.4. The van der Waals surface area contributed by atoms with Crippen LogP contribution in [0.15, 0.2) is 71.8 Å². The third-order valence-corrected chi connectivity index (χ3v) is 6.00. The zero-order valence-corrected chi connectivity index (χ0v) is 19.0. The summed E-state index contributed by atoms with van der Waals surface area (Å²) in [5.41, 5.74) is 1.96. The van der Waals surface area contributed by atoms with Gasteiger partial charge in [-0.25, -0.2) is 32.2 Å². The Morgan fingerprint density at radius 1 is 0.735 bits per heavy atom. The molecule has 0 radical (unpaired) electrons. The Hall–Kier alpha value is -4.12. The monoisotopic (exact) mass is 482 g/mol. The van der Waals surface area contributed by atoms with E-state index in [1.807, 2.05) is 19.1 Å². The van der Waals surface area contributed by atoms with Gasteiger partial charge in [-0.1, -0.05) is 0 Å². The molecule has 4 aromatic rings. The van der Waals surface area contributed by atoms with E-state index in [-0.39, 0.29) is 10.6 Å². The second-order valence-corrected chi connectivity index (χ2v) is 9.10. The molecule has 0 saturated heterocycles. The van der Waals surface area contributed by atoms with Crippen molar-refractivity contribution >= 4 is 38.9 Å². The highest BCUT2D eigenvalue weighted by Crippen LogP contribution is 2.23. The Labute approximate surface area is 195 Å². The summed E-state index contributed by atoms with van der Waals surface area (Å²) >= 11 is 0. The van der Waals surface area contributed by atoms with Crippen molar-refractivity contribution in [1.82, 2.24) is 15.0 Å². The molecule has 174 valence electrons. The van der Waals surface area contributed by atoms with E-state index in [9.17, 15) is 17.2 Å². The van der Waals surface area contributed by atoms with Gasteiger partial charge in [-0.3, -0.25) is 4.72 Å². The Kier molecular flexibility index (Phi) is 6.37. The van der Waals surface area contributed by atoms with Crippen LogP contribution in [0.1, 0.15) is 11.4 Å². The summed E-state index contributed by atoms with van der Waals surface area (Å²) in [5.74, 6) is -0.0861. The summed E-state index contributed by atoms with van der Waals surface area (Å²) in [5, 5.41) is 6.28. The van der Waals surface area contributed by atoms with Crippen LogP contribution < -0.4 is 15.4 Å². The van der Waals surface area contributed by atoms with E-state index in [1.54, 1.807) is 31.3 Å². The summed E-state index contributed by atoms with van der Waals surface area (Å²) in [7, 11) is -4.08. The number of aromatic nitrogens is 3. The number of hydrogen-bond donors (Lipinski definition) is 3. The van der Waals surface area contributed by atoms with Gasteiger partial charge >= 0.3 is 0 Å². The first-order chi connectivity index (χ1) is 16.2. The fourth-order valence-electron chi connectivity index (χ4n) is 3.06. The second-order valence-electron chi connectivity index (χ2n) is 7.41. The van der Waals surface area contributed by atoms with E-state index in [4.69, 9.17) is 0 Å². The number of hydrogen-bond acceptors (Lipinski definition) is 7. The number of rotatable bonds is 7. The lowest BCUT2D eigenvalue weighted by atomic mass is 10.3. The Morgan fingerprint density at radius 2 is 1.41 bits per heavy atom. The van der Waals surface area contributed by atoms with Crippen molar-refractivity contribution in [1.29, 1.82) is 0 Å². The number of anilines is 5. The largest absolute Gasteiger partial charge is 0.340 e. The first kappa shape index (κ1) is 23.1. The van der Waals surface area contributed by atoms with Crippen LogP contribution >= 0.6 is 0 Å². The van der Waals surface area contributed by atoms with Crippen LogP contribution in [0.2, 0.25) is 0 Å². The van der Waals surface area contributed by atoms with Crippen molar-refractivity contribution in [3.63, 3.8) is 0 Å². The fraction of sp³-hybridized carbons (Fsp3) is 0.0870. The first-order valence-corrected chi connectivity index (χ1v) is 11.6. The molecule has 34 heavy (non-hydrogen) atoms. The second kappa shape index (κ2) is 9.40. The zero-order chi connectivity index (χ0) is 24.3. The molecule has 4 rings (SSSR count). The van der Waals surface area contributed by atoms with Gasteiger partial charge in [-0.15, -0.1) is 0 Å². The van der Waals surface area contributed by atoms with Crippen LogP contribution in [-0.4, -0.2) is 23.4 Å². The van der Waals surface area contributed by atoms with Crippen molar-refractivity contribution in [3.8, 4) is 0 Å². The highest BCUT2D eigenvalue weighted by atomic mass is 32.2. The molecule has 0 saturated carbocycles. The van der Waals surface area contributed by atoms with Crippen LogP contribution in [-0.2, 0) is 10.0 Å². The number of benzene rings is 2. The average molecular weight is 483 g/mol. The lowest BCUT2D eigenvalue weighted by molar-refractivity contribution is 0.504. The van der Waals surface area contributed by atoms with Crippen molar-refractivity contribution in [3.05, 3.63) is 89.9 Å². The van der Waals surface area contributed by atoms with E-state index in [0.717, 1.165) is 17.7 Å². The number of nitrogens with zero attached hydrogens (tertiary/aromatic N) is 3. The molecule has 0 amide bonds. The number of nitrogens with one attached hydrogen (secondary N) is 3. The minimum absolute atomic E-state index is 0.252. The van der Waals surface area contributed by atoms with Crippen LogP contribution in [0.5, 0.6) is 0 Å². The molecule has 0 aliphatic carbocycles. The molecule has 2 aromatic carbocycles. The summed E-state index contributed by atoms with van der Waals surface area (Å²) in [6.07, 6.45) is 1.70. The van der Waals surface area contributed by atoms with Gasteiger partial charge in [-0.05, 0) is 74.0 Å². The number of pyridine rings is 1. The summed E-state index contributed by atoms with van der Waals surface area (Å²) in [4.78, 5) is 12.6. The molecule has 0 fully saturated rings. The van der Waals surface area contributed by atoms with E-state index >= 15 is 0 Å². The maximum Gasteiger partial charge on any atom is 0.261 e. The van der Waals surface area contributed by atoms with Gasteiger partial charge < -0.3 is 10.6 Å². The predicted molar refractivity (Wildman–Crippen MR) is 126 cm³/mol. The van der Waals surface area contributed by atoms with Crippen LogP contribution in [0.25, 0.3) is 0 Å². The molecule has 8 nitrogen and oxygen atoms in total. The SMILES string of the molecule is Cc1ccnc(Nc2cc(Nc3ccc(NS(=O)(=O)c4ccc(F)c(F)c4)cc3)nc(C)n2)c1. The van der Waals surface area contributed by atoms with E-state index in [0.29, 0.717) is 35.0 Å². The van der Waals surface area contributed by atoms with Crippen molar-refractivity contribution < 1.29 is 17.2 Å². The van der Waals surface area contributed by atoms with E-state index in [1.165, 1.54) is 12.1 Å². The molecule has 0 unspecified atom stereocenters. The Balaban J connectivity index is 1.47. The van der Waals surface area contributed by atoms with Gasteiger partial charge in [-0.2, -0.15) is 0 Å². The highest BCUT2D eigenvalue weighted by Gasteiger charge is 2.16. The maximum atomic E-state index is 13.4. The third-order valence-electron chi connectivity index (χ3n) is 4.62. The van der Waals surface area contributed by atoms with E-state index < -0.39 is 21.7 Å². The normalized spacial score (nSPS) is 11.2. The van der Waals surface area contributed by atoms with Gasteiger partial charge in [0.1, 0.15) is 23.3 Å². The quantitative estimate of drug-likeness (QED) is 0.338. The predicted octanol–water partition coefficient (Wildman–Crippen LogP) is 5.05. The molecule has 2 heterocycles. The van der Waals surface area contributed by atoms with Gasteiger partial charge in [0, 0.05) is 23.6 Å². The van der Waals surface area contributed by atoms with Crippen LogP contribution in [0.4, 0.5) is 37.6 Å². The highest BCUT2D eigenvalue weighted by molar-refractivity contribution is 7.92. The zero-order valence-electron chi connectivity index (χ0n) is 18.2. The number of halogens is 2. The molecule has 2 aromatic heterocycles. The first-order valence-electron chi connectivity index (χ1n) is 10.1. The fourth-order valence-corrected chi connectivity index (χ4v) is 4.13. The Morgan fingerprint density at radius 3 is 2.09 bits per heavy atom. The van der Waals surface area contributed by atoms with Gasteiger partial charge in [0.15, 0.2) is 11.6 Å². The van der Waals surface area contributed by atoms with E-state index in [2.05, 4.69) is 30.3 Å². The molecule has 0 atom stereocenters. The number of sulfonamides is 1. The molecule has 0 spiro atoms. The van der Waals surface area contributed by atoms with Crippen LogP contribution in [0.3, 0.4) is 0 Å². The molecule has 3 N–H and O–H groups in total. The lowest BCUT2D eigenvalue weighted by Gasteiger charge is -2.12. The molecule has 0 bridgehead atoms. The van der Waals surface area contributed by atoms with Crippen molar-refractivity contribution in [2.75, 3.05) is 15.4 Å². The summed E-state index contributed by atoms with van der Waals surface area (Å²) < 4.78 is 53.7. The van der Waals surface area contributed by atoms with Crippen molar-refractivity contribution in [2.24, 2.45) is 0 Å². The molecule has 11 heteroatoms. The minimum Gasteiger partial charge on any atom is -0.340 e. The molecule has 0 aliphatic rings. The van der Waals surface area contributed by atoms with Gasteiger partial charge in [0.2, 0.25) is 0 Å². The molecule has 0 aliphatic heterocycles. The Bertz CT molecular complexity index is 1450. The minimum atomic E-state index is -4.08. The average Bonchev–Trinajstić information content (AvgIpc) is 2.76. The molecular weight excluding hydrogens is 462 g/mol. The topological polar surface area (TPSA) is 109 Å². The number of aryl methyl sites for hydroxylation is 2. The smallest absolute Gasteiger partial charge is 0.261 e.